The first-order valence-electron chi connectivity index (χ1n) is 4.96. The number of Topliss-reactive ketones (excluding diaryl/α,β-unsaturated/α-hetero) is 3. The van der Waals surface area contributed by atoms with Crippen LogP contribution in [-0.2, 0) is 14.4 Å². The Balaban J connectivity index is 2.63. The zero-order valence-electron chi connectivity index (χ0n) is 9.18. The number of carbonyl (C=O) groups excluding carboxylic acids is 3. The molecule has 0 aliphatic carbocycles. The molecule has 0 heterocycles. The number of rotatable bonds is 6. The molecule has 5 nitrogen and oxygen atoms in total. The summed E-state index contributed by atoms with van der Waals surface area (Å²) < 4.78 is 0. The second kappa shape index (κ2) is 6.07. The Kier molecular flexibility index (Phi) is 4.74. The average molecular weight is 269 g/mol. The monoisotopic (exact) mass is 268 g/mol. The van der Waals surface area contributed by atoms with Crippen LogP contribution in [0.15, 0.2) is 24.3 Å². The molecule has 1 aromatic carbocycles. The van der Waals surface area contributed by atoms with Crippen molar-refractivity contribution in [2.75, 3.05) is 0 Å². The van der Waals surface area contributed by atoms with Crippen molar-refractivity contribution in [2.45, 2.75) is 12.8 Å². The smallest absolute Gasteiger partial charge is 0.372 e. The minimum Gasteiger partial charge on any atom is -0.475 e. The van der Waals surface area contributed by atoms with Crippen LogP contribution in [0.25, 0.3) is 0 Å². The van der Waals surface area contributed by atoms with Crippen molar-refractivity contribution in [3.63, 3.8) is 0 Å². The van der Waals surface area contributed by atoms with E-state index in [0.29, 0.717) is 5.02 Å². The average Bonchev–Trinajstić information content (AvgIpc) is 2.28. The van der Waals surface area contributed by atoms with Gasteiger partial charge in [0, 0.05) is 10.6 Å². The number of carbonyl (C=O) groups is 4. The molecule has 1 N–H and O–H groups in total. The van der Waals surface area contributed by atoms with Crippen molar-refractivity contribution < 1.29 is 24.3 Å². The highest BCUT2D eigenvalue weighted by molar-refractivity contribution is 6.37. The molecule has 0 fully saturated rings. The molecular formula is C12H9ClO5. The molecule has 6 heteroatoms. The molecule has 0 radical (unpaired) electrons. The van der Waals surface area contributed by atoms with Gasteiger partial charge in [-0.05, 0) is 12.1 Å². The van der Waals surface area contributed by atoms with Crippen molar-refractivity contribution >= 4 is 34.9 Å². The zero-order valence-corrected chi connectivity index (χ0v) is 9.94. The Bertz CT molecular complexity index is 521. The summed E-state index contributed by atoms with van der Waals surface area (Å²) in [6.45, 7) is 0. The van der Waals surface area contributed by atoms with Gasteiger partial charge in [-0.2, -0.15) is 0 Å². The Labute approximate surface area is 107 Å². The number of carboxylic acid groups (broad SMARTS) is 1. The van der Waals surface area contributed by atoms with E-state index in [1.165, 1.54) is 12.1 Å². The largest absolute Gasteiger partial charge is 0.475 e. The fraction of sp³-hybridized carbons (Fsp3) is 0.167. The van der Waals surface area contributed by atoms with Crippen LogP contribution in [-0.4, -0.2) is 28.4 Å². The summed E-state index contributed by atoms with van der Waals surface area (Å²) in [4.78, 5) is 43.9. The van der Waals surface area contributed by atoms with Gasteiger partial charge in [-0.1, -0.05) is 23.7 Å². The van der Waals surface area contributed by atoms with Crippen molar-refractivity contribution in [1.29, 1.82) is 0 Å². The summed E-state index contributed by atoms with van der Waals surface area (Å²) in [5.41, 5.74) is 0.249. The lowest BCUT2D eigenvalue weighted by Gasteiger charge is -2.00. The molecule has 0 aliphatic rings. The van der Waals surface area contributed by atoms with Gasteiger partial charge >= 0.3 is 5.97 Å². The van der Waals surface area contributed by atoms with Crippen LogP contribution in [0.3, 0.4) is 0 Å². The van der Waals surface area contributed by atoms with E-state index in [4.69, 9.17) is 16.7 Å². The molecule has 0 saturated heterocycles. The number of ketones is 3. The second-order valence-corrected chi connectivity index (χ2v) is 3.99. The van der Waals surface area contributed by atoms with Gasteiger partial charge in [-0.3, -0.25) is 14.4 Å². The molecule has 1 rings (SSSR count). The second-order valence-electron chi connectivity index (χ2n) is 3.55. The van der Waals surface area contributed by atoms with Crippen molar-refractivity contribution in [1.82, 2.24) is 0 Å². The summed E-state index contributed by atoms with van der Waals surface area (Å²) in [5, 5.41) is 8.67. The van der Waals surface area contributed by atoms with Gasteiger partial charge in [0.2, 0.25) is 5.78 Å². The highest BCUT2D eigenvalue weighted by Gasteiger charge is 2.19. The standard InChI is InChI=1S/C12H9ClO5/c13-8-3-1-2-7(4-8)10(15)5-9(14)6-11(16)12(17)18/h1-4H,5-6H2,(H,17,18). The maximum Gasteiger partial charge on any atom is 0.372 e. The molecule has 0 amide bonds. The van der Waals surface area contributed by atoms with E-state index < -0.39 is 36.2 Å². The van der Waals surface area contributed by atoms with Gasteiger partial charge in [0.25, 0.3) is 0 Å². The maximum atomic E-state index is 11.6. The molecule has 0 spiro atoms. The third kappa shape index (κ3) is 4.10. The third-order valence-electron chi connectivity index (χ3n) is 2.10. The van der Waals surface area contributed by atoms with Gasteiger partial charge < -0.3 is 5.11 Å². The quantitative estimate of drug-likeness (QED) is 0.480. The van der Waals surface area contributed by atoms with Crippen molar-refractivity contribution in [3.8, 4) is 0 Å². The first kappa shape index (κ1) is 14.1. The molecule has 0 aromatic heterocycles. The molecule has 0 aliphatic heterocycles. The molecular weight excluding hydrogens is 260 g/mol. The number of benzene rings is 1. The molecule has 1 aromatic rings. The number of hydrogen-bond acceptors (Lipinski definition) is 4. The molecule has 0 unspecified atom stereocenters. The lowest BCUT2D eigenvalue weighted by Crippen LogP contribution is -2.19. The number of aliphatic carboxylic acids is 1. The van der Waals surface area contributed by atoms with E-state index in [-0.39, 0.29) is 5.56 Å². The van der Waals surface area contributed by atoms with Crippen LogP contribution >= 0.6 is 11.6 Å². The maximum absolute atomic E-state index is 11.6. The van der Waals surface area contributed by atoms with E-state index in [1.54, 1.807) is 12.1 Å². The Morgan fingerprint density at radius 1 is 1.11 bits per heavy atom. The summed E-state index contributed by atoms with van der Waals surface area (Å²) >= 11 is 5.68. The predicted octanol–water partition coefficient (Wildman–Crippen LogP) is 1.53. The van der Waals surface area contributed by atoms with E-state index in [9.17, 15) is 19.2 Å². The summed E-state index contributed by atoms with van der Waals surface area (Å²) in [6.07, 6.45) is -1.29. The highest BCUT2D eigenvalue weighted by atomic mass is 35.5. The Morgan fingerprint density at radius 2 is 1.78 bits per heavy atom. The fourth-order valence-electron chi connectivity index (χ4n) is 1.26. The molecule has 0 bridgehead atoms. The van der Waals surface area contributed by atoms with Crippen LogP contribution < -0.4 is 0 Å². The Morgan fingerprint density at radius 3 is 2.33 bits per heavy atom. The van der Waals surface area contributed by atoms with E-state index in [2.05, 4.69) is 0 Å². The van der Waals surface area contributed by atoms with Gasteiger partial charge in [0.15, 0.2) is 5.78 Å². The molecule has 0 saturated carbocycles. The lowest BCUT2D eigenvalue weighted by molar-refractivity contribution is -0.150. The van der Waals surface area contributed by atoms with Gasteiger partial charge in [0.1, 0.15) is 5.78 Å². The molecule has 94 valence electrons. The topological polar surface area (TPSA) is 88.5 Å². The molecule has 0 atom stereocenters. The fourth-order valence-corrected chi connectivity index (χ4v) is 1.45. The van der Waals surface area contributed by atoms with Crippen LogP contribution in [0.4, 0.5) is 0 Å². The first-order chi connectivity index (χ1) is 8.40. The van der Waals surface area contributed by atoms with Gasteiger partial charge in [-0.25, -0.2) is 4.79 Å². The molecule has 18 heavy (non-hydrogen) atoms. The highest BCUT2D eigenvalue weighted by Crippen LogP contribution is 2.12. The first-order valence-corrected chi connectivity index (χ1v) is 5.34. The predicted molar refractivity (Wildman–Crippen MR) is 62.7 cm³/mol. The van der Waals surface area contributed by atoms with Crippen molar-refractivity contribution in [3.05, 3.63) is 34.9 Å². The Hall–Kier alpha value is -2.01. The summed E-state index contributed by atoms with van der Waals surface area (Å²) in [7, 11) is 0. The summed E-state index contributed by atoms with van der Waals surface area (Å²) in [5.74, 6) is -4.13. The van der Waals surface area contributed by atoms with Crippen LogP contribution in [0.1, 0.15) is 23.2 Å². The number of halogens is 1. The van der Waals surface area contributed by atoms with Gasteiger partial charge in [-0.15, -0.1) is 0 Å². The van der Waals surface area contributed by atoms with E-state index in [1.807, 2.05) is 0 Å². The van der Waals surface area contributed by atoms with E-state index >= 15 is 0 Å². The third-order valence-corrected chi connectivity index (χ3v) is 2.34. The van der Waals surface area contributed by atoms with Crippen LogP contribution in [0, 0.1) is 0 Å². The van der Waals surface area contributed by atoms with Crippen LogP contribution in [0.5, 0.6) is 0 Å². The SMILES string of the molecule is O=C(CC(=O)C(=O)O)CC(=O)c1cccc(Cl)c1. The van der Waals surface area contributed by atoms with Gasteiger partial charge in [0.05, 0.1) is 12.8 Å². The zero-order chi connectivity index (χ0) is 13.7. The van der Waals surface area contributed by atoms with Crippen LogP contribution in [0.2, 0.25) is 5.02 Å². The van der Waals surface area contributed by atoms with Crippen molar-refractivity contribution in [2.24, 2.45) is 0 Å². The minimum absolute atomic E-state index is 0.249. The normalized spacial score (nSPS) is 9.83. The minimum atomic E-state index is -1.68. The van der Waals surface area contributed by atoms with E-state index in [0.717, 1.165) is 0 Å². The number of hydrogen-bond donors (Lipinski definition) is 1. The lowest BCUT2D eigenvalue weighted by atomic mass is 10.0. The number of carboxylic acids is 1. The summed E-state index contributed by atoms with van der Waals surface area (Å²) in [6, 6.07) is 6.02.